The molecule has 0 amide bonds. The maximum absolute atomic E-state index is 5.95. The molecular formula is C12H7BrClN. The third kappa shape index (κ3) is 1.45. The first-order valence-electron chi connectivity index (χ1n) is 4.60. The van der Waals surface area contributed by atoms with Crippen LogP contribution in [0.2, 0.25) is 5.02 Å². The smallest absolute Gasteiger partial charge is 0.0479 e. The highest BCUT2D eigenvalue weighted by molar-refractivity contribution is 9.10. The zero-order chi connectivity index (χ0) is 10.4. The second-order valence-electron chi connectivity index (χ2n) is 3.50. The summed E-state index contributed by atoms with van der Waals surface area (Å²) in [5.41, 5.74) is 2.21. The van der Waals surface area contributed by atoms with Gasteiger partial charge in [-0.1, -0.05) is 33.6 Å². The highest BCUT2D eigenvalue weighted by atomic mass is 79.9. The number of benzene rings is 2. The first kappa shape index (κ1) is 9.25. The van der Waals surface area contributed by atoms with Gasteiger partial charge in [-0.05, 0) is 30.3 Å². The van der Waals surface area contributed by atoms with Gasteiger partial charge in [-0.3, -0.25) is 0 Å². The van der Waals surface area contributed by atoms with Crippen LogP contribution in [0, 0.1) is 0 Å². The lowest BCUT2D eigenvalue weighted by atomic mass is 10.1. The molecule has 0 unspecified atom stereocenters. The summed E-state index contributed by atoms with van der Waals surface area (Å²) < 4.78 is 1.09. The van der Waals surface area contributed by atoms with Gasteiger partial charge in [-0.15, -0.1) is 0 Å². The molecule has 2 aromatic carbocycles. The number of fused-ring (bicyclic) bond motifs is 3. The van der Waals surface area contributed by atoms with E-state index in [2.05, 4.69) is 33.0 Å². The first-order chi connectivity index (χ1) is 7.24. The largest absolute Gasteiger partial charge is 0.354 e. The van der Waals surface area contributed by atoms with Gasteiger partial charge in [-0.2, -0.15) is 0 Å². The lowest BCUT2D eigenvalue weighted by Crippen LogP contribution is -1.67. The van der Waals surface area contributed by atoms with Crippen LogP contribution in [0.3, 0.4) is 0 Å². The third-order valence-electron chi connectivity index (χ3n) is 2.52. The fourth-order valence-electron chi connectivity index (χ4n) is 1.85. The summed E-state index contributed by atoms with van der Waals surface area (Å²) in [5, 5.41) is 3.18. The summed E-state index contributed by atoms with van der Waals surface area (Å²) in [7, 11) is 0. The summed E-state index contributed by atoms with van der Waals surface area (Å²) >= 11 is 9.43. The minimum atomic E-state index is 0.758. The molecule has 0 aliphatic heterocycles. The van der Waals surface area contributed by atoms with Gasteiger partial charge >= 0.3 is 0 Å². The van der Waals surface area contributed by atoms with Gasteiger partial charge in [0, 0.05) is 31.3 Å². The molecule has 0 aliphatic carbocycles. The first-order valence-corrected chi connectivity index (χ1v) is 5.77. The van der Waals surface area contributed by atoms with E-state index in [1.165, 1.54) is 10.8 Å². The lowest BCUT2D eigenvalue weighted by Gasteiger charge is -1.92. The van der Waals surface area contributed by atoms with E-state index in [0.717, 1.165) is 20.5 Å². The van der Waals surface area contributed by atoms with Crippen LogP contribution in [0.1, 0.15) is 0 Å². The van der Waals surface area contributed by atoms with Crippen molar-refractivity contribution in [2.24, 2.45) is 0 Å². The fourth-order valence-corrected chi connectivity index (χ4v) is 2.38. The second-order valence-corrected chi connectivity index (χ2v) is 4.86. The number of rotatable bonds is 0. The van der Waals surface area contributed by atoms with E-state index in [1.54, 1.807) is 0 Å². The average Bonchev–Trinajstić information content (AvgIpc) is 2.54. The highest BCUT2D eigenvalue weighted by Gasteiger charge is 2.04. The predicted molar refractivity (Wildman–Crippen MR) is 68.5 cm³/mol. The molecule has 1 N–H and O–H groups in total. The predicted octanol–water partition coefficient (Wildman–Crippen LogP) is 4.74. The summed E-state index contributed by atoms with van der Waals surface area (Å²) in [4.78, 5) is 3.34. The molecule has 0 radical (unpaired) electrons. The van der Waals surface area contributed by atoms with Crippen LogP contribution in [0.15, 0.2) is 40.9 Å². The van der Waals surface area contributed by atoms with Crippen molar-refractivity contribution in [2.75, 3.05) is 0 Å². The van der Waals surface area contributed by atoms with Gasteiger partial charge in [0.15, 0.2) is 0 Å². The fraction of sp³-hybridized carbons (Fsp3) is 0. The Kier molecular flexibility index (Phi) is 2.01. The minimum Gasteiger partial charge on any atom is -0.354 e. The summed E-state index contributed by atoms with van der Waals surface area (Å²) in [6, 6.07) is 12.1. The molecule has 1 nitrogen and oxygen atoms in total. The van der Waals surface area contributed by atoms with Crippen LogP contribution in [-0.2, 0) is 0 Å². The Balaban J connectivity index is 2.53. The number of nitrogens with one attached hydrogen (secondary N) is 1. The number of hydrogen-bond donors (Lipinski definition) is 1. The van der Waals surface area contributed by atoms with Crippen molar-refractivity contribution in [1.29, 1.82) is 0 Å². The van der Waals surface area contributed by atoms with Crippen molar-refractivity contribution in [3.63, 3.8) is 0 Å². The Hall–Kier alpha value is -0.990. The summed E-state index contributed by atoms with van der Waals surface area (Å²) in [6.07, 6.45) is 0. The SMILES string of the molecule is Clc1ccc2c(c1)[nH]c1ccc(Br)cc12. The van der Waals surface area contributed by atoms with E-state index in [-0.39, 0.29) is 0 Å². The van der Waals surface area contributed by atoms with Crippen LogP contribution < -0.4 is 0 Å². The van der Waals surface area contributed by atoms with Crippen molar-refractivity contribution >= 4 is 49.3 Å². The Morgan fingerprint density at radius 3 is 2.67 bits per heavy atom. The number of aromatic nitrogens is 1. The highest BCUT2D eigenvalue weighted by Crippen LogP contribution is 2.29. The van der Waals surface area contributed by atoms with E-state index in [0.29, 0.717) is 0 Å². The molecule has 0 saturated carbocycles. The second kappa shape index (κ2) is 3.26. The third-order valence-corrected chi connectivity index (χ3v) is 3.25. The van der Waals surface area contributed by atoms with Crippen LogP contribution in [0.4, 0.5) is 0 Å². The van der Waals surface area contributed by atoms with E-state index in [9.17, 15) is 0 Å². The molecule has 0 atom stereocenters. The quantitative estimate of drug-likeness (QED) is 0.612. The Morgan fingerprint density at radius 1 is 0.933 bits per heavy atom. The van der Waals surface area contributed by atoms with Gasteiger partial charge in [0.05, 0.1) is 0 Å². The maximum Gasteiger partial charge on any atom is 0.0479 e. The average molecular weight is 281 g/mol. The van der Waals surface area contributed by atoms with Gasteiger partial charge in [0.25, 0.3) is 0 Å². The molecule has 0 saturated heterocycles. The molecule has 3 aromatic rings. The normalized spacial score (nSPS) is 11.3. The van der Waals surface area contributed by atoms with Gasteiger partial charge < -0.3 is 4.98 Å². The monoisotopic (exact) mass is 279 g/mol. The summed E-state index contributed by atoms with van der Waals surface area (Å²) in [6.45, 7) is 0. The van der Waals surface area contributed by atoms with Crippen LogP contribution in [0.25, 0.3) is 21.8 Å². The van der Waals surface area contributed by atoms with Crippen molar-refractivity contribution in [3.05, 3.63) is 45.9 Å². The zero-order valence-electron chi connectivity index (χ0n) is 7.72. The molecule has 3 rings (SSSR count). The molecule has 0 bridgehead atoms. The molecule has 0 fully saturated rings. The molecule has 3 heteroatoms. The van der Waals surface area contributed by atoms with Crippen molar-refractivity contribution in [2.45, 2.75) is 0 Å². The number of hydrogen-bond acceptors (Lipinski definition) is 0. The van der Waals surface area contributed by atoms with Crippen molar-refractivity contribution < 1.29 is 0 Å². The Labute approximate surface area is 100 Å². The van der Waals surface area contributed by atoms with Crippen molar-refractivity contribution in [3.8, 4) is 0 Å². The topological polar surface area (TPSA) is 15.8 Å². The molecular weight excluding hydrogens is 273 g/mol. The number of aromatic amines is 1. The van der Waals surface area contributed by atoms with Gasteiger partial charge in [0.1, 0.15) is 0 Å². The molecule has 15 heavy (non-hydrogen) atoms. The number of halogens is 2. The van der Waals surface area contributed by atoms with Gasteiger partial charge in [-0.25, -0.2) is 0 Å². The van der Waals surface area contributed by atoms with Crippen LogP contribution in [-0.4, -0.2) is 4.98 Å². The van der Waals surface area contributed by atoms with Gasteiger partial charge in [0.2, 0.25) is 0 Å². The standard InChI is InChI=1S/C12H7BrClN/c13-7-1-4-11-10(5-7)9-3-2-8(14)6-12(9)15-11/h1-6,15H. The maximum atomic E-state index is 5.95. The zero-order valence-corrected chi connectivity index (χ0v) is 10.1. The lowest BCUT2D eigenvalue weighted by molar-refractivity contribution is 1.54. The van der Waals surface area contributed by atoms with Crippen LogP contribution >= 0.6 is 27.5 Å². The summed E-state index contributed by atoms with van der Waals surface area (Å²) in [5.74, 6) is 0. The van der Waals surface area contributed by atoms with E-state index >= 15 is 0 Å². The van der Waals surface area contributed by atoms with E-state index in [4.69, 9.17) is 11.6 Å². The van der Waals surface area contributed by atoms with E-state index in [1.807, 2.05) is 24.3 Å². The molecule has 0 aliphatic rings. The Bertz CT molecular complexity index is 657. The Morgan fingerprint density at radius 2 is 1.80 bits per heavy atom. The molecule has 0 spiro atoms. The molecule has 1 heterocycles. The van der Waals surface area contributed by atoms with E-state index < -0.39 is 0 Å². The number of H-pyrrole nitrogens is 1. The molecule has 74 valence electrons. The molecule has 1 aromatic heterocycles. The van der Waals surface area contributed by atoms with Crippen LogP contribution in [0.5, 0.6) is 0 Å². The van der Waals surface area contributed by atoms with Crippen molar-refractivity contribution in [1.82, 2.24) is 4.98 Å². The minimum absolute atomic E-state index is 0.758.